The minimum Gasteiger partial charge on any atom is -0.333 e. The van der Waals surface area contributed by atoms with Crippen molar-refractivity contribution in [2.24, 2.45) is 0 Å². The Hall–Kier alpha value is -0.810. The van der Waals surface area contributed by atoms with Gasteiger partial charge < -0.3 is 5.32 Å². The number of allylic oxidation sites excluding steroid dienone is 2. The molecule has 1 N–H and O–H groups in total. The quantitative estimate of drug-likeness (QED) is 0.724. The number of hydrogen-bond donors (Lipinski definition) is 1. The molecule has 1 aliphatic carbocycles. The summed E-state index contributed by atoms with van der Waals surface area (Å²) >= 11 is 0. The first-order chi connectivity index (χ1) is 6.37. The molecule has 0 heterocycles. The molecule has 1 aliphatic rings. The summed E-state index contributed by atoms with van der Waals surface area (Å²) in [5.41, 5.74) is 0. The molecule has 1 atom stereocenters. The van der Waals surface area contributed by atoms with Crippen molar-refractivity contribution in [1.29, 1.82) is 0 Å². The van der Waals surface area contributed by atoms with Gasteiger partial charge in [0.2, 0.25) is 5.91 Å². The van der Waals surface area contributed by atoms with Crippen molar-refractivity contribution in [3.05, 3.63) is 24.3 Å². The second-order valence-electron chi connectivity index (χ2n) is 3.00. The lowest BCUT2D eigenvalue weighted by Gasteiger charge is -2.28. The van der Waals surface area contributed by atoms with Gasteiger partial charge in [-0.25, -0.2) is 8.42 Å². The zero-order valence-corrected chi connectivity index (χ0v) is 9.10. The fourth-order valence-electron chi connectivity index (χ4n) is 1.23. The molecule has 78 valence electrons. The molecule has 0 saturated carbocycles. The van der Waals surface area contributed by atoms with E-state index in [4.69, 9.17) is 10.7 Å². The molecule has 0 aromatic heterocycles. The largest absolute Gasteiger partial charge is 0.333 e. The number of halogens is 1. The summed E-state index contributed by atoms with van der Waals surface area (Å²) in [7, 11) is 1.40. The first-order valence-electron chi connectivity index (χ1n) is 3.95. The van der Waals surface area contributed by atoms with Crippen LogP contribution in [0, 0.1) is 0 Å². The summed E-state index contributed by atoms with van der Waals surface area (Å²) in [6.07, 6.45) is 6.39. The van der Waals surface area contributed by atoms with Crippen LogP contribution >= 0.6 is 10.7 Å². The van der Waals surface area contributed by atoms with Gasteiger partial charge in [-0.1, -0.05) is 18.2 Å². The molecule has 0 aromatic carbocycles. The smallest absolute Gasteiger partial charge is 0.260 e. The molecular formula is C8H10ClNO3S. The first kappa shape index (κ1) is 11.3. The zero-order valence-electron chi connectivity index (χ0n) is 7.53. The summed E-state index contributed by atoms with van der Waals surface area (Å²) in [4.78, 5) is 9.38. The second kappa shape index (κ2) is 3.74. The molecule has 1 amide bonds. The van der Waals surface area contributed by atoms with Crippen LogP contribution in [0.15, 0.2) is 24.3 Å². The molecule has 0 saturated heterocycles. The summed E-state index contributed by atoms with van der Waals surface area (Å²) in [6.45, 7) is 1.25. The van der Waals surface area contributed by atoms with Gasteiger partial charge in [-0.05, 0) is 6.08 Å². The Balaban J connectivity index is 3.10. The van der Waals surface area contributed by atoms with Crippen molar-refractivity contribution in [2.45, 2.75) is 18.2 Å². The fraction of sp³-hybridized carbons (Fsp3) is 0.375. The zero-order chi connectivity index (χ0) is 10.8. The fourth-order valence-corrected chi connectivity index (χ4v) is 2.49. The van der Waals surface area contributed by atoms with Gasteiger partial charge in [-0.2, -0.15) is 0 Å². The Kier molecular flexibility index (Phi) is 3.01. The number of hydrogen-bond acceptors (Lipinski definition) is 3. The van der Waals surface area contributed by atoms with Gasteiger partial charge in [0.05, 0.1) is 0 Å². The predicted octanol–water partition coefficient (Wildman–Crippen LogP) is 0.904. The van der Waals surface area contributed by atoms with E-state index in [0.29, 0.717) is 0 Å². The summed E-state index contributed by atoms with van der Waals surface area (Å²) in [5, 5.41) is 2.34. The standard InChI is InChI=1S/C8H10ClNO3S/c1-7(11)10-8(14(9,12)13)5-3-2-4-6-8/h2-5H,6H2,1H3,(H,10,11). The maximum Gasteiger partial charge on any atom is 0.260 e. The predicted molar refractivity (Wildman–Crippen MR) is 54.2 cm³/mol. The first-order valence-corrected chi connectivity index (χ1v) is 6.26. The average Bonchev–Trinajstić information content (AvgIpc) is 2.02. The van der Waals surface area contributed by atoms with E-state index in [1.807, 2.05) is 0 Å². The highest BCUT2D eigenvalue weighted by Crippen LogP contribution is 2.27. The Morgan fingerprint density at radius 2 is 2.14 bits per heavy atom. The highest BCUT2D eigenvalue weighted by atomic mass is 35.7. The normalized spacial score (nSPS) is 26.1. The van der Waals surface area contributed by atoms with Gasteiger partial charge in [-0.15, -0.1) is 0 Å². The van der Waals surface area contributed by atoms with Crippen molar-refractivity contribution in [1.82, 2.24) is 5.32 Å². The Labute approximate surface area is 87.1 Å². The van der Waals surface area contributed by atoms with E-state index in [0.717, 1.165) is 0 Å². The lowest BCUT2D eigenvalue weighted by atomic mass is 10.1. The van der Waals surface area contributed by atoms with Gasteiger partial charge in [-0.3, -0.25) is 4.79 Å². The molecule has 4 nitrogen and oxygen atoms in total. The van der Waals surface area contributed by atoms with Crippen LogP contribution in [0.5, 0.6) is 0 Å². The summed E-state index contributed by atoms with van der Waals surface area (Å²) < 4.78 is 22.6. The molecule has 0 spiro atoms. The maximum atomic E-state index is 11.3. The van der Waals surface area contributed by atoms with Gasteiger partial charge >= 0.3 is 0 Å². The van der Waals surface area contributed by atoms with E-state index in [9.17, 15) is 13.2 Å². The van der Waals surface area contributed by atoms with Crippen LogP contribution in [-0.2, 0) is 13.8 Å². The molecule has 14 heavy (non-hydrogen) atoms. The van der Waals surface area contributed by atoms with Crippen molar-refractivity contribution in [3.8, 4) is 0 Å². The molecule has 1 unspecified atom stereocenters. The Bertz CT molecular complexity index is 399. The molecule has 1 rings (SSSR count). The molecule has 0 aromatic rings. The van der Waals surface area contributed by atoms with E-state index < -0.39 is 19.8 Å². The van der Waals surface area contributed by atoms with Crippen LogP contribution in [0.25, 0.3) is 0 Å². The minimum absolute atomic E-state index is 0.148. The highest BCUT2D eigenvalue weighted by molar-refractivity contribution is 8.15. The SMILES string of the molecule is CC(=O)NC1(S(=O)(=O)Cl)C=CC=CC1. The van der Waals surface area contributed by atoms with Crippen LogP contribution in [0.2, 0.25) is 0 Å². The van der Waals surface area contributed by atoms with E-state index in [1.54, 1.807) is 18.2 Å². The van der Waals surface area contributed by atoms with E-state index in [1.165, 1.54) is 13.0 Å². The minimum atomic E-state index is -3.88. The van der Waals surface area contributed by atoms with Crippen LogP contribution in [-0.4, -0.2) is 19.2 Å². The van der Waals surface area contributed by atoms with Crippen molar-refractivity contribution in [3.63, 3.8) is 0 Å². The average molecular weight is 236 g/mol. The monoisotopic (exact) mass is 235 g/mol. The highest BCUT2D eigenvalue weighted by Gasteiger charge is 2.40. The Morgan fingerprint density at radius 3 is 2.50 bits per heavy atom. The molecular weight excluding hydrogens is 226 g/mol. The third-order valence-electron chi connectivity index (χ3n) is 1.86. The lowest BCUT2D eigenvalue weighted by Crippen LogP contribution is -2.50. The number of carbonyl (C=O) groups excluding carboxylic acids is 1. The van der Waals surface area contributed by atoms with Crippen molar-refractivity contribution < 1.29 is 13.2 Å². The number of amides is 1. The summed E-state index contributed by atoms with van der Waals surface area (Å²) in [5.74, 6) is -0.436. The van der Waals surface area contributed by atoms with Crippen LogP contribution < -0.4 is 5.32 Å². The van der Waals surface area contributed by atoms with Gasteiger partial charge in [0, 0.05) is 24.0 Å². The molecule has 0 radical (unpaired) electrons. The molecule has 0 aliphatic heterocycles. The van der Waals surface area contributed by atoms with Crippen molar-refractivity contribution >= 4 is 25.6 Å². The Morgan fingerprint density at radius 1 is 1.50 bits per heavy atom. The van der Waals surface area contributed by atoms with Crippen LogP contribution in [0.3, 0.4) is 0 Å². The number of nitrogens with one attached hydrogen (secondary N) is 1. The van der Waals surface area contributed by atoms with Crippen molar-refractivity contribution in [2.75, 3.05) is 0 Å². The van der Waals surface area contributed by atoms with Gasteiger partial charge in [0.25, 0.3) is 9.05 Å². The van der Waals surface area contributed by atoms with E-state index in [2.05, 4.69) is 5.32 Å². The van der Waals surface area contributed by atoms with Crippen LogP contribution in [0.1, 0.15) is 13.3 Å². The maximum absolute atomic E-state index is 11.3. The molecule has 0 fully saturated rings. The van der Waals surface area contributed by atoms with E-state index in [-0.39, 0.29) is 6.42 Å². The third-order valence-corrected chi connectivity index (χ3v) is 3.96. The molecule has 6 heteroatoms. The topological polar surface area (TPSA) is 63.2 Å². The second-order valence-corrected chi connectivity index (χ2v) is 5.82. The van der Waals surface area contributed by atoms with Gasteiger partial charge in [0.15, 0.2) is 4.87 Å². The van der Waals surface area contributed by atoms with Crippen LogP contribution in [0.4, 0.5) is 0 Å². The molecule has 0 bridgehead atoms. The number of rotatable bonds is 2. The third kappa shape index (κ3) is 2.16. The number of carbonyl (C=O) groups is 1. The van der Waals surface area contributed by atoms with Gasteiger partial charge in [0.1, 0.15) is 0 Å². The summed E-state index contributed by atoms with van der Waals surface area (Å²) in [6, 6.07) is 0. The lowest BCUT2D eigenvalue weighted by molar-refractivity contribution is -0.119. The van der Waals surface area contributed by atoms with E-state index >= 15 is 0 Å².